The van der Waals surface area contributed by atoms with E-state index in [2.05, 4.69) is 26.7 Å². The summed E-state index contributed by atoms with van der Waals surface area (Å²) in [5.74, 6) is 0.142. The van der Waals surface area contributed by atoms with Crippen LogP contribution in [0.5, 0.6) is 5.75 Å². The van der Waals surface area contributed by atoms with Crippen molar-refractivity contribution in [3.8, 4) is 22.8 Å². The number of phenols is 1. The number of aromatic hydroxyl groups is 1. The lowest BCUT2D eigenvalue weighted by Gasteiger charge is -2.14. The van der Waals surface area contributed by atoms with Crippen molar-refractivity contribution in [2.75, 3.05) is 0 Å². The summed E-state index contributed by atoms with van der Waals surface area (Å²) in [6.45, 7) is 3.98. The summed E-state index contributed by atoms with van der Waals surface area (Å²) in [4.78, 5) is 8.27. The van der Waals surface area contributed by atoms with Crippen molar-refractivity contribution in [3.63, 3.8) is 0 Å². The highest BCUT2D eigenvalue weighted by Gasteiger charge is 2.30. The van der Waals surface area contributed by atoms with Crippen molar-refractivity contribution in [1.82, 2.24) is 24.7 Å². The lowest BCUT2D eigenvalue weighted by Crippen LogP contribution is -2.11. The number of allylic oxidation sites excluding steroid dienone is 1. The zero-order valence-electron chi connectivity index (χ0n) is 14.1. The van der Waals surface area contributed by atoms with Crippen molar-refractivity contribution >= 4 is 5.57 Å². The van der Waals surface area contributed by atoms with Gasteiger partial charge >= 0.3 is 0 Å². The van der Waals surface area contributed by atoms with Gasteiger partial charge in [-0.1, -0.05) is 6.58 Å². The van der Waals surface area contributed by atoms with E-state index in [9.17, 15) is 9.50 Å². The molecule has 4 rings (SSSR count). The monoisotopic (exact) mass is 351 g/mol. The molecule has 0 spiro atoms. The molecule has 1 saturated carbocycles. The predicted octanol–water partition coefficient (Wildman–Crippen LogP) is 3.58. The SMILES string of the molecule is C=C(c1cnc(-c2ccc(-n3ccnc3)cc2O)nn1)[C@@H]1CCC[C@@H]1F. The first-order valence-electron chi connectivity index (χ1n) is 8.48. The van der Waals surface area contributed by atoms with Crippen LogP contribution in [0.1, 0.15) is 25.0 Å². The first-order chi connectivity index (χ1) is 12.6. The van der Waals surface area contributed by atoms with Crippen LogP contribution < -0.4 is 0 Å². The molecule has 3 aromatic rings. The Morgan fingerprint density at radius 1 is 1.27 bits per heavy atom. The standard InChI is InChI=1S/C19H18FN5O/c1-12(14-3-2-4-16(14)20)17-10-22-19(24-23-17)15-6-5-13(9-18(15)26)25-8-7-21-11-25/h5-11,14,16,26H,1-4H2/t14-,16-/m0/s1. The maximum Gasteiger partial charge on any atom is 0.185 e. The van der Waals surface area contributed by atoms with Gasteiger partial charge in [0.25, 0.3) is 0 Å². The van der Waals surface area contributed by atoms with Crippen molar-refractivity contribution in [1.29, 1.82) is 0 Å². The van der Waals surface area contributed by atoms with Gasteiger partial charge in [0.1, 0.15) is 17.6 Å². The van der Waals surface area contributed by atoms with Crippen LogP contribution in [0.25, 0.3) is 22.6 Å². The van der Waals surface area contributed by atoms with Crippen LogP contribution in [0.3, 0.4) is 0 Å². The Morgan fingerprint density at radius 3 is 2.77 bits per heavy atom. The number of aromatic nitrogens is 5. The molecule has 132 valence electrons. The molecule has 0 bridgehead atoms. The number of nitrogens with zero attached hydrogens (tertiary/aromatic N) is 5. The predicted molar refractivity (Wildman–Crippen MR) is 95.3 cm³/mol. The van der Waals surface area contributed by atoms with E-state index >= 15 is 0 Å². The number of hydrogen-bond donors (Lipinski definition) is 1. The summed E-state index contributed by atoms with van der Waals surface area (Å²) >= 11 is 0. The van der Waals surface area contributed by atoms with Gasteiger partial charge in [0.05, 0.1) is 23.8 Å². The molecule has 1 aliphatic rings. The number of imidazole rings is 1. The minimum atomic E-state index is -0.872. The van der Waals surface area contributed by atoms with Gasteiger partial charge in [-0.2, -0.15) is 0 Å². The summed E-state index contributed by atoms with van der Waals surface area (Å²) in [6, 6.07) is 5.17. The molecule has 0 radical (unpaired) electrons. The van der Waals surface area contributed by atoms with Gasteiger partial charge in [0.15, 0.2) is 5.82 Å². The average molecular weight is 351 g/mol. The molecule has 0 unspecified atom stereocenters. The summed E-state index contributed by atoms with van der Waals surface area (Å²) in [5, 5.41) is 18.6. The highest BCUT2D eigenvalue weighted by molar-refractivity contribution is 5.67. The molecule has 2 heterocycles. The van der Waals surface area contributed by atoms with E-state index in [0.717, 1.165) is 18.5 Å². The van der Waals surface area contributed by atoms with E-state index in [0.29, 0.717) is 29.1 Å². The van der Waals surface area contributed by atoms with E-state index in [-0.39, 0.29) is 11.7 Å². The lowest BCUT2D eigenvalue weighted by molar-refractivity contribution is 0.303. The van der Waals surface area contributed by atoms with Crippen LogP contribution >= 0.6 is 0 Å². The summed E-state index contributed by atoms with van der Waals surface area (Å²) in [5.41, 5.74) is 2.39. The van der Waals surface area contributed by atoms with Gasteiger partial charge in [-0.3, -0.25) is 0 Å². The van der Waals surface area contributed by atoms with Gasteiger partial charge < -0.3 is 9.67 Å². The molecule has 0 aliphatic heterocycles. The number of halogens is 1. The van der Waals surface area contributed by atoms with Crippen molar-refractivity contribution in [2.24, 2.45) is 5.92 Å². The van der Waals surface area contributed by atoms with Crippen LogP contribution in [0.4, 0.5) is 4.39 Å². The fraction of sp³-hybridized carbons (Fsp3) is 0.263. The Balaban J connectivity index is 1.58. The fourth-order valence-corrected chi connectivity index (χ4v) is 3.32. The third kappa shape index (κ3) is 2.96. The second kappa shape index (κ2) is 6.67. The Kier molecular flexibility index (Phi) is 4.20. The largest absolute Gasteiger partial charge is 0.507 e. The van der Waals surface area contributed by atoms with E-state index in [1.165, 1.54) is 0 Å². The third-order valence-electron chi connectivity index (χ3n) is 4.79. The molecule has 1 N–H and O–H groups in total. The van der Waals surface area contributed by atoms with Crippen molar-refractivity contribution in [3.05, 3.63) is 55.4 Å². The number of rotatable bonds is 4. The summed E-state index contributed by atoms with van der Waals surface area (Å²) < 4.78 is 15.7. The maximum atomic E-state index is 13.9. The minimum Gasteiger partial charge on any atom is -0.507 e. The zero-order valence-corrected chi connectivity index (χ0v) is 14.1. The second-order valence-corrected chi connectivity index (χ2v) is 6.42. The number of alkyl halides is 1. The van der Waals surface area contributed by atoms with E-state index in [1.54, 1.807) is 41.6 Å². The normalized spacial score (nSPS) is 19.6. The van der Waals surface area contributed by atoms with Gasteiger partial charge in [0, 0.05) is 24.4 Å². The first kappa shape index (κ1) is 16.4. The van der Waals surface area contributed by atoms with Crippen LogP contribution in [0.2, 0.25) is 0 Å². The first-order valence-corrected chi connectivity index (χ1v) is 8.48. The van der Waals surface area contributed by atoms with Crippen molar-refractivity contribution in [2.45, 2.75) is 25.4 Å². The van der Waals surface area contributed by atoms with Gasteiger partial charge in [-0.05, 0) is 37.0 Å². The molecule has 1 aromatic carbocycles. The molecule has 6 nitrogen and oxygen atoms in total. The molecule has 1 fully saturated rings. The Bertz CT molecular complexity index is 924. The van der Waals surface area contributed by atoms with Crippen molar-refractivity contribution < 1.29 is 9.50 Å². The maximum absolute atomic E-state index is 13.9. The number of phenolic OH excluding ortho intramolecular Hbond substituents is 1. The third-order valence-corrected chi connectivity index (χ3v) is 4.79. The highest BCUT2D eigenvalue weighted by atomic mass is 19.1. The number of benzene rings is 1. The Hall–Kier alpha value is -3.09. The van der Waals surface area contributed by atoms with Crippen LogP contribution in [0, 0.1) is 5.92 Å². The van der Waals surface area contributed by atoms with Gasteiger partial charge in [-0.15, -0.1) is 10.2 Å². The Labute approximate surface area is 150 Å². The molecule has 7 heteroatoms. The lowest BCUT2D eigenvalue weighted by atomic mass is 9.95. The number of hydrogen-bond acceptors (Lipinski definition) is 5. The molecule has 2 aromatic heterocycles. The highest BCUT2D eigenvalue weighted by Crippen LogP contribution is 2.37. The van der Waals surface area contributed by atoms with Crippen LogP contribution in [-0.2, 0) is 0 Å². The summed E-state index contributed by atoms with van der Waals surface area (Å²) in [6.07, 6.45) is 7.97. The van der Waals surface area contributed by atoms with Crippen LogP contribution in [0.15, 0.2) is 49.7 Å². The van der Waals surface area contributed by atoms with Crippen LogP contribution in [-0.4, -0.2) is 36.0 Å². The van der Waals surface area contributed by atoms with Gasteiger partial charge in [-0.25, -0.2) is 14.4 Å². The average Bonchev–Trinajstić information content (AvgIpc) is 3.33. The van der Waals surface area contributed by atoms with E-state index in [4.69, 9.17) is 0 Å². The Morgan fingerprint density at radius 2 is 2.15 bits per heavy atom. The molecular formula is C19H18FN5O. The quantitative estimate of drug-likeness (QED) is 0.777. The smallest absolute Gasteiger partial charge is 0.185 e. The summed E-state index contributed by atoms with van der Waals surface area (Å²) in [7, 11) is 0. The van der Waals surface area contributed by atoms with E-state index < -0.39 is 6.17 Å². The zero-order chi connectivity index (χ0) is 18.1. The van der Waals surface area contributed by atoms with Gasteiger partial charge in [0.2, 0.25) is 0 Å². The second-order valence-electron chi connectivity index (χ2n) is 6.42. The fourth-order valence-electron chi connectivity index (χ4n) is 3.32. The molecule has 2 atom stereocenters. The molecule has 1 aliphatic carbocycles. The molecule has 0 amide bonds. The molecular weight excluding hydrogens is 333 g/mol. The minimum absolute atomic E-state index is 0.0455. The topological polar surface area (TPSA) is 76.7 Å². The molecule has 0 saturated heterocycles. The van der Waals surface area contributed by atoms with E-state index in [1.807, 2.05) is 6.07 Å². The molecule has 26 heavy (non-hydrogen) atoms.